The molecule has 0 spiro atoms. The highest BCUT2D eigenvalue weighted by atomic mass is 32.1. The predicted octanol–water partition coefficient (Wildman–Crippen LogP) is -0.563. The van der Waals surface area contributed by atoms with Crippen LogP contribution in [-0.2, 0) is 4.79 Å². The van der Waals surface area contributed by atoms with Crippen molar-refractivity contribution in [3.8, 4) is 0 Å². The van der Waals surface area contributed by atoms with Crippen LogP contribution < -0.4 is 11.3 Å². The highest BCUT2D eigenvalue weighted by Gasteiger charge is 2.15. The molecule has 3 N–H and O–H groups in total. The number of nitrogens with zero attached hydrogens (tertiary/aromatic N) is 2. The molecule has 1 amide bonds. The molecule has 0 saturated heterocycles. The van der Waals surface area contributed by atoms with Crippen molar-refractivity contribution < 1.29 is 4.79 Å². The van der Waals surface area contributed by atoms with E-state index in [9.17, 15) is 4.79 Å². The lowest BCUT2D eigenvalue weighted by Gasteiger charge is -2.05. The molecule has 0 radical (unpaired) electrons. The number of thiol groups is 1. The third-order valence-corrected chi connectivity index (χ3v) is 1.76. The molecule has 0 aliphatic rings. The largest absolute Gasteiger partial charge is 0.293 e. The maximum absolute atomic E-state index is 10.9. The first kappa shape index (κ1) is 8.95. The van der Waals surface area contributed by atoms with Gasteiger partial charge in [-0.2, -0.15) is 22.8 Å². The maximum Gasteiger partial charge on any atom is 0.252 e. The second kappa shape index (κ2) is 4.03. The lowest BCUT2D eigenvalue weighted by Crippen LogP contribution is -2.33. The number of carbonyl (C=O) groups is 1. The summed E-state index contributed by atoms with van der Waals surface area (Å²) in [4.78, 5) is 10.9. The first-order valence-corrected chi connectivity index (χ1v) is 3.73. The Morgan fingerprint density at radius 1 is 1.75 bits per heavy atom. The smallest absolute Gasteiger partial charge is 0.252 e. The molecule has 6 heteroatoms. The van der Waals surface area contributed by atoms with E-state index in [0.29, 0.717) is 5.69 Å². The van der Waals surface area contributed by atoms with E-state index in [4.69, 9.17) is 5.84 Å². The molecule has 1 rings (SSSR count). The highest BCUT2D eigenvalue weighted by Crippen LogP contribution is 2.15. The Morgan fingerprint density at radius 2 is 2.50 bits per heavy atom. The van der Waals surface area contributed by atoms with Crippen LogP contribution in [0.4, 0.5) is 0 Å². The number of hydrogen-bond acceptors (Lipinski definition) is 5. The van der Waals surface area contributed by atoms with Gasteiger partial charge in [0.2, 0.25) is 0 Å². The van der Waals surface area contributed by atoms with Gasteiger partial charge in [-0.3, -0.25) is 10.2 Å². The summed E-state index contributed by atoms with van der Waals surface area (Å²) in [5, 5.41) is 6.64. The minimum Gasteiger partial charge on any atom is -0.293 e. The van der Waals surface area contributed by atoms with Crippen LogP contribution in [0.2, 0.25) is 0 Å². The van der Waals surface area contributed by atoms with Crippen LogP contribution in [0.3, 0.4) is 0 Å². The molecule has 5 nitrogen and oxygen atoms in total. The van der Waals surface area contributed by atoms with Crippen LogP contribution in [0.1, 0.15) is 10.9 Å². The summed E-state index contributed by atoms with van der Waals surface area (Å²) in [6.45, 7) is 0. The first-order valence-electron chi connectivity index (χ1n) is 3.22. The van der Waals surface area contributed by atoms with Crippen molar-refractivity contribution in [3.63, 3.8) is 0 Å². The van der Waals surface area contributed by atoms with Gasteiger partial charge in [-0.05, 0) is 12.1 Å². The zero-order chi connectivity index (χ0) is 8.97. The van der Waals surface area contributed by atoms with Crippen molar-refractivity contribution in [1.82, 2.24) is 15.6 Å². The summed E-state index contributed by atoms with van der Waals surface area (Å²) >= 11 is 4.00. The van der Waals surface area contributed by atoms with E-state index >= 15 is 0 Å². The summed E-state index contributed by atoms with van der Waals surface area (Å²) in [6.07, 6.45) is 1.52. The minimum absolute atomic E-state index is 0.404. The molecular weight excluding hydrogens is 176 g/mol. The van der Waals surface area contributed by atoms with Crippen LogP contribution in [0, 0.1) is 0 Å². The van der Waals surface area contributed by atoms with Gasteiger partial charge in [0.15, 0.2) is 0 Å². The molecule has 64 valence electrons. The Morgan fingerprint density at radius 3 is 3.00 bits per heavy atom. The summed E-state index contributed by atoms with van der Waals surface area (Å²) in [6, 6.07) is 3.33. The molecule has 1 heterocycles. The number of carbonyl (C=O) groups excluding carboxylic acids is 1. The van der Waals surface area contributed by atoms with E-state index in [1.165, 1.54) is 6.20 Å². The van der Waals surface area contributed by atoms with Crippen LogP contribution in [0.15, 0.2) is 18.3 Å². The van der Waals surface area contributed by atoms with Gasteiger partial charge in [-0.1, -0.05) is 0 Å². The van der Waals surface area contributed by atoms with E-state index in [-0.39, 0.29) is 0 Å². The first-order chi connectivity index (χ1) is 5.75. The monoisotopic (exact) mass is 184 g/mol. The van der Waals surface area contributed by atoms with E-state index in [1.807, 2.05) is 5.43 Å². The fourth-order valence-corrected chi connectivity index (χ4v) is 0.885. The quantitative estimate of drug-likeness (QED) is 0.249. The Hall–Kier alpha value is -1.14. The van der Waals surface area contributed by atoms with Crippen LogP contribution in [-0.4, -0.2) is 16.1 Å². The minimum atomic E-state index is -0.663. The zero-order valence-corrected chi connectivity index (χ0v) is 7.03. The molecule has 0 aliphatic heterocycles. The Bertz CT molecular complexity index is 266. The molecule has 0 aromatic carbocycles. The van der Waals surface area contributed by atoms with Gasteiger partial charge in [0.05, 0.1) is 5.69 Å². The normalized spacial score (nSPS) is 12.2. The molecule has 1 atom stereocenters. The third-order valence-electron chi connectivity index (χ3n) is 1.26. The second-order valence-electron chi connectivity index (χ2n) is 2.06. The van der Waals surface area contributed by atoms with Crippen molar-refractivity contribution in [3.05, 3.63) is 24.0 Å². The molecule has 1 aromatic rings. The lowest BCUT2D eigenvalue weighted by atomic mass is 10.3. The average Bonchev–Trinajstić information content (AvgIpc) is 2.17. The van der Waals surface area contributed by atoms with Crippen molar-refractivity contribution >= 4 is 18.5 Å². The molecule has 1 aromatic heterocycles. The van der Waals surface area contributed by atoms with Gasteiger partial charge in [-0.25, -0.2) is 5.84 Å². The number of nitrogens with two attached hydrogens (primary N) is 1. The fraction of sp³-hybridized carbons (Fsp3) is 0.167. The van der Waals surface area contributed by atoms with Gasteiger partial charge >= 0.3 is 0 Å². The number of aromatic nitrogens is 2. The van der Waals surface area contributed by atoms with Crippen molar-refractivity contribution in [2.45, 2.75) is 5.25 Å². The number of rotatable bonds is 2. The van der Waals surface area contributed by atoms with Crippen LogP contribution in [0.5, 0.6) is 0 Å². The standard InChI is InChI=1S/C6H8N4OS/c7-9-6(11)5(12)4-2-1-3-8-10-4/h1-3,5,12H,7H2,(H,9,11). The lowest BCUT2D eigenvalue weighted by molar-refractivity contribution is -0.120. The SMILES string of the molecule is NNC(=O)C(S)c1cccnn1. The Balaban J connectivity index is 2.78. The number of hydrazine groups is 1. The summed E-state index contributed by atoms with van der Waals surface area (Å²) in [7, 11) is 0. The number of hydrogen-bond donors (Lipinski definition) is 3. The van der Waals surface area contributed by atoms with Gasteiger partial charge in [0.1, 0.15) is 5.25 Å². The highest BCUT2D eigenvalue weighted by molar-refractivity contribution is 7.81. The topological polar surface area (TPSA) is 80.9 Å². The molecule has 0 saturated carbocycles. The van der Waals surface area contributed by atoms with Gasteiger partial charge in [0, 0.05) is 6.20 Å². The molecule has 0 bridgehead atoms. The van der Waals surface area contributed by atoms with Gasteiger partial charge < -0.3 is 0 Å². The van der Waals surface area contributed by atoms with E-state index in [1.54, 1.807) is 12.1 Å². The second-order valence-corrected chi connectivity index (χ2v) is 2.58. The Kier molecular flexibility index (Phi) is 3.01. The zero-order valence-electron chi connectivity index (χ0n) is 6.14. The third kappa shape index (κ3) is 1.93. The summed E-state index contributed by atoms with van der Waals surface area (Å²) in [5.41, 5.74) is 2.46. The fourth-order valence-electron chi connectivity index (χ4n) is 0.673. The predicted molar refractivity (Wildman–Crippen MR) is 46.1 cm³/mol. The van der Waals surface area contributed by atoms with Crippen molar-refractivity contribution in [2.24, 2.45) is 5.84 Å². The molecule has 0 aliphatic carbocycles. The van der Waals surface area contributed by atoms with Gasteiger partial charge in [-0.15, -0.1) is 0 Å². The molecule has 0 fully saturated rings. The van der Waals surface area contributed by atoms with Gasteiger partial charge in [0.25, 0.3) is 5.91 Å². The van der Waals surface area contributed by atoms with E-state index in [0.717, 1.165) is 0 Å². The summed E-state index contributed by atoms with van der Waals surface area (Å²) in [5.74, 6) is 4.51. The van der Waals surface area contributed by atoms with E-state index < -0.39 is 11.2 Å². The van der Waals surface area contributed by atoms with Crippen LogP contribution >= 0.6 is 12.6 Å². The van der Waals surface area contributed by atoms with Crippen molar-refractivity contribution in [2.75, 3.05) is 0 Å². The molecule has 12 heavy (non-hydrogen) atoms. The molecular formula is C6H8N4OS. The number of nitrogens with one attached hydrogen (secondary N) is 1. The number of amides is 1. The Labute approximate surface area is 74.7 Å². The summed E-state index contributed by atoms with van der Waals surface area (Å²) < 4.78 is 0. The molecule has 1 unspecified atom stereocenters. The van der Waals surface area contributed by atoms with E-state index in [2.05, 4.69) is 22.8 Å². The maximum atomic E-state index is 10.9. The van der Waals surface area contributed by atoms with Crippen molar-refractivity contribution in [1.29, 1.82) is 0 Å². The average molecular weight is 184 g/mol. The van der Waals surface area contributed by atoms with Crippen LogP contribution in [0.25, 0.3) is 0 Å².